The maximum Gasteiger partial charge on any atom is 0.306 e. The Morgan fingerprint density at radius 3 is 2.63 bits per heavy atom. The lowest BCUT2D eigenvalue weighted by Crippen LogP contribution is -2.34. The summed E-state index contributed by atoms with van der Waals surface area (Å²) < 4.78 is 0. The molecule has 0 bridgehead atoms. The molecule has 0 aromatic heterocycles. The topological polar surface area (TPSA) is 66.4 Å². The van der Waals surface area contributed by atoms with Crippen LogP contribution in [-0.2, 0) is 9.59 Å². The van der Waals surface area contributed by atoms with Gasteiger partial charge in [0.2, 0.25) is 5.91 Å². The van der Waals surface area contributed by atoms with E-state index < -0.39 is 5.97 Å². The molecule has 1 amide bonds. The molecule has 5 heteroatoms. The number of hydrogen-bond donors (Lipinski definition) is 2. The standard InChI is InChI=1S/C14H17NO3S/c16-13(9-19-12-4-2-1-3-5-12)15-11-7-6-10(8-11)14(17)18/h1-5,10-11H,6-9H2,(H,15,16)(H,17,18)/t10-,11+/m0/s1. The fourth-order valence-electron chi connectivity index (χ4n) is 2.27. The minimum absolute atomic E-state index is 0.0185. The third-order valence-corrected chi connectivity index (χ3v) is 4.27. The van der Waals surface area contributed by atoms with Crippen molar-refractivity contribution in [2.45, 2.75) is 30.2 Å². The number of aliphatic carboxylic acids is 1. The second-order valence-corrected chi connectivity index (χ2v) is 5.76. The Morgan fingerprint density at radius 2 is 2.00 bits per heavy atom. The normalized spacial score (nSPS) is 22.1. The molecule has 0 radical (unpaired) electrons. The molecule has 1 aromatic carbocycles. The summed E-state index contributed by atoms with van der Waals surface area (Å²) in [6.45, 7) is 0. The summed E-state index contributed by atoms with van der Waals surface area (Å²) in [5, 5.41) is 11.8. The number of benzene rings is 1. The molecular weight excluding hydrogens is 262 g/mol. The number of rotatable bonds is 5. The van der Waals surface area contributed by atoms with Crippen molar-refractivity contribution in [3.63, 3.8) is 0 Å². The van der Waals surface area contributed by atoms with E-state index in [4.69, 9.17) is 5.11 Å². The SMILES string of the molecule is O=C(CSc1ccccc1)N[C@@H]1CC[C@H](C(=O)O)C1. The van der Waals surface area contributed by atoms with Crippen LogP contribution in [0.1, 0.15) is 19.3 Å². The van der Waals surface area contributed by atoms with Gasteiger partial charge in [-0.2, -0.15) is 0 Å². The summed E-state index contributed by atoms with van der Waals surface area (Å²) in [6.07, 6.45) is 1.97. The molecule has 2 atom stereocenters. The quantitative estimate of drug-likeness (QED) is 0.810. The van der Waals surface area contributed by atoms with Crippen molar-refractivity contribution in [1.29, 1.82) is 0 Å². The van der Waals surface area contributed by atoms with Gasteiger partial charge in [-0.25, -0.2) is 0 Å². The van der Waals surface area contributed by atoms with Crippen LogP contribution in [-0.4, -0.2) is 28.8 Å². The molecule has 1 aliphatic rings. The van der Waals surface area contributed by atoms with E-state index in [0.717, 1.165) is 11.3 Å². The Balaban J connectivity index is 1.72. The van der Waals surface area contributed by atoms with Crippen LogP contribution in [0.2, 0.25) is 0 Å². The first-order chi connectivity index (χ1) is 9.15. The highest BCUT2D eigenvalue weighted by atomic mass is 32.2. The highest BCUT2D eigenvalue weighted by Gasteiger charge is 2.30. The Bertz CT molecular complexity index is 449. The van der Waals surface area contributed by atoms with Gasteiger partial charge in [0.15, 0.2) is 0 Å². The minimum Gasteiger partial charge on any atom is -0.481 e. The van der Waals surface area contributed by atoms with Gasteiger partial charge in [0.05, 0.1) is 11.7 Å². The third-order valence-electron chi connectivity index (χ3n) is 3.26. The molecule has 1 saturated carbocycles. The maximum atomic E-state index is 11.8. The molecule has 102 valence electrons. The van der Waals surface area contributed by atoms with Gasteiger partial charge >= 0.3 is 5.97 Å². The molecule has 1 aliphatic carbocycles. The average molecular weight is 279 g/mol. The summed E-state index contributed by atoms with van der Waals surface area (Å²) in [5.41, 5.74) is 0. The minimum atomic E-state index is -0.754. The van der Waals surface area contributed by atoms with Crippen molar-refractivity contribution in [3.8, 4) is 0 Å². The Morgan fingerprint density at radius 1 is 1.26 bits per heavy atom. The van der Waals surface area contributed by atoms with Crippen LogP contribution in [0.25, 0.3) is 0 Å². The number of carboxylic acid groups (broad SMARTS) is 1. The van der Waals surface area contributed by atoms with Gasteiger partial charge in [0.25, 0.3) is 0 Å². The van der Waals surface area contributed by atoms with Crippen molar-refractivity contribution in [1.82, 2.24) is 5.32 Å². The van der Waals surface area contributed by atoms with Gasteiger partial charge in [-0.05, 0) is 31.4 Å². The molecule has 0 saturated heterocycles. The maximum absolute atomic E-state index is 11.8. The fourth-order valence-corrected chi connectivity index (χ4v) is 3.00. The van der Waals surface area contributed by atoms with Gasteiger partial charge in [0, 0.05) is 10.9 Å². The van der Waals surface area contributed by atoms with Crippen LogP contribution < -0.4 is 5.32 Å². The van der Waals surface area contributed by atoms with E-state index in [9.17, 15) is 9.59 Å². The van der Waals surface area contributed by atoms with E-state index in [2.05, 4.69) is 5.32 Å². The van der Waals surface area contributed by atoms with E-state index in [1.54, 1.807) is 0 Å². The largest absolute Gasteiger partial charge is 0.481 e. The van der Waals surface area contributed by atoms with Crippen LogP contribution in [0.4, 0.5) is 0 Å². The zero-order valence-corrected chi connectivity index (χ0v) is 11.4. The van der Waals surface area contributed by atoms with Crippen molar-refractivity contribution in [3.05, 3.63) is 30.3 Å². The first-order valence-electron chi connectivity index (χ1n) is 6.35. The summed E-state index contributed by atoms with van der Waals surface area (Å²) in [5.74, 6) is -0.703. The lowest BCUT2D eigenvalue weighted by Gasteiger charge is -2.12. The van der Waals surface area contributed by atoms with Crippen molar-refractivity contribution < 1.29 is 14.7 Å². The van der Waals surface area contributed by atoms with Gasteiger partial charge in [-0.1, -0.05) is 18.2 Å². The summed E-state index contributed by atoms with van der Waals surface area (Å²) in [4.78, 5) is 23.7. The summed E-state index contributed by atoms with van der Waals surface area (Å²) >= 11 is 1.49. The lowest BCUT2D eigenvalue weighted by atomic mass is 10.1. The number of amides is 1. The van der Waals surface area contributed by atoms with Gasteiger partial charge in [0.1, 0.15) is 0 Å². The molecule has 19 heavy (non-hydrogen) atoms. The fraction of sp³-hybridized carbons (Fsp3) is 0.429. The van der Waals surface area contributed by atoms with E-state index in [1.807, 2.05) is 30.3 Å². The summed E-state index contributed by atoms with van der Waals surface area (Å²) in [7, 11) is 0. The molecule has 1 aromatic rings. The number of hydrogen-bond acceptors (Lipinski definition) is 3. The molecule has 2 rings (SSSR count). The lowest BCUT2D eigenvalue weighted by molar-refractivity contribution is -0.141. The van der Waals surface area contributed by atoms with Crippen LogP contribution in [0.3, 0.4) is 0 Å². The van der Waals surface area contributed by atoms with Crippen molar-refractivity contribution in [2.24, 2.45) is 5.92 Å². The summed E-state index contributed by atoms with van der Waals surface area (Å²) in [6, 6.07) is 9.77. The number of carbonyl (C=O) groups is 2. The molecule has 1 fully saturated rings. The van der Waals surface area contributed by atoms with Crippen LogP contribution >= 0.6 is 11.8 Å². The predicted molar refractivity (Wildman–Crippen MR) is 74.1 cm³/mol. The molecule has 0 heterocycles. The molecule has 4 nitrogen and oxygen atoms in total. The van der Waals surface area contributed by atoms with E-state index in [-0.39, 0.29) is 17.9 Å². The predicted octanol–water partition coefficient (Wildman–Crippen LogP) is 2.15. The van der Waals surface area contributed by atoms with Crippen molar-refractivity contribution >= 4 is 23.6 Å². The van der Waals surface area contributed by atoms with E-state index in [0.29, 0.717) is 18.6 Å². The number of thioether (sulfide) groups is 1. The van der Waals surface area contributed by atoms with E-state index in [1.165, 1.54) is 11.8 Å². The first kappa shape index (κ1) is 13.9. The molecule has 0 spiro atoms. The monoisotopic (exact) mass is 279 g/mol. The second-order valence-electron chi connectivity index (χ2n) is 4.71. The van der Waals surface area contributed by atoms with Gasteiger partial charge in [-0.3, -0.25) is 9.59 Å². The Kier molecular flexibility index (Phi) is 4.85. The van der Waals surface area contributed by atoms with Crippen LogP contribution in [0.15, 0.2) is 35.2 Å². The smallest absolute Gasteiger partial charge is 0.306 e. The van der Waals surface area contributed by atoms with Crippen molar-refractivity contribution in [2.75, 3.05) is 5.75 Å². The van der Waals surface area contributed by atoms with Crippen LogP contribution in [0.5, 0.6) is 0 Å². The van der Waals surface area contributed by atoms with E-state index >= 15 is 0 Å². The van der Waals surface area contributed by atoms with Gasteiger partial charge in [-0.15, -0.1) is 11.8 Å². The van der Waals surface area contributed by atoms with Crippen LogP contribution in [0, 0.1) is 5.92 Å². The number of nitrogens with one attached hydrogen (secondary N) is 1. The zero-order valence-electron chi connectivity index (χ0n) is 10.5. The number of carboxylic acids is 1. The zero-order chi connectivity index (χ0) is 13.7. The Labute approximate surface area is 116 Å². The highest BCUT2D eigenvalue weighted by molar-refractivity contribution is 8.00. The molecule has 0 aliphatic heterocycles. The second kappa shape index (κ2) is 6.61. The third kappa shape index (κ3) is 4.28. The Hall–Kier alpha value is -1.49. The molecule has 2 N–H and O–H groups in total. The highest BCUT2D eigenvalue weighted by Crippen LogP contribution is 2.26. The first-order valence-corrected chi connectivity index (χ1v) is 7.33. The number of carbonyl (C=O) groups excluding carboxylic acids is 1. The molecular formula is C14H17NO3S. The van der Waals surface area contributed by atoms with Gasteiger partial charge < -0.3 is 10.4 Å². The average Bonchev–Trinajstić information content (AvgIpc) is 2.86. The molecule has 0 unspecified atom stereocenters.